The van der Waals surface area contributed by atoms with Crippen molar-refractivity contribution in [3.05, 3.63) is 0 Å². The molecule has 0 aromatic heterocycles. The Morgan fingerprint density at radius 2 is 2.25 bits per heavy atom. The standard InChI is InChI=1S/C12H23NO3/c1-9-4-5-12(6-9,7-13)16-8-11(2,3)10(14)15/h9H,4-8,13H2,1-3H3,(H,14,15). The van der Waals surface area contributed by atoms with E-state index in [4.69, 9.17) is 15.6 Å². The lowest BCUT2D eigenvalue weighted by Gasteiger charge is -2.31. The first-order valence-electron chi connectivity index (χ1n) is 5.89. The number of aliphatic carboxylic acids is 1. The van der Waals surface area contributed by atoms with Gasteiger partial charge in [-0.1, -0.05) is 6.92 Å². The molecule has 0 saturated heterocycles. The zero-order valence-corrected chi connectivity index (χ0v) is 10.5. The van der Waals surface area contributed by atoms with Crippen LogP contribution in [0.25, 0.3) is 0 Å². The van der Waals surface area contributed by atoms with E-state index < -0.39 is 11.4 Å². The summed E-state index contributed by atoms with van der Waals surface area (Å²) in [6.45, 7) is 6.25. The van der Waals surface area contributed by atoms with Crippen molar-refractivity contribution in [3.8, 4) is 0 Å². The number of hydrogen-bond acceptors (Lipinski definition) is 3. The summed E-state index contributed by atoms with van der Waals surface area (Å²) in [5, 5.41) is 9.01. The average molecular weight is 229 g/mol. The highest BCUT2D eigenvalue weighted by Gasteiger charge is 2.39. The number of hydrogen-bond donors (Lipinski definition) is 2. The molecule has 1 aliphatic rings. The van der Waals surface area contributed by atoms with Crippen molar-refractivity contribution in [2.24, 2.45) is 17.1 Å². The van der Waals surface area contributed by atoms with Crippen LogP contribution in [0.4, 0.5) is 0 Å². The zero-order valence-electron chi connectivity index (χ0n) is 10.5. The molecule has 0 spiro atoms. The molecule has 0 aliphatic heterocycles. The smallest absolute Gasteiger partial charge is 0.311 e. The fourth-order valence-electron chi connectivity index (χ4n) is 2.12. The Morgan fingerprint density at radius 1 is 1.62 bits per heavy atom. The van der Waals surface area contributed by atoms with E-state index in [9.17, 15) is 4.79 Å². The number of carboxylic acid groups (broad SMARTS) is 1. The van der Waals surface area contributed by atoms with Gasteiger partial charge in [0.2, 0.25) is 0 Å². The van der Waals surface area contributed by atoms with Crippen molar-refractivity contribution >= 4 is 5.97 Å². The lowest BCUT2D eigenvalue weighted by atomic mass is 9.94. The molecule has 94 valence electrons. The van der Waals surface area contributed by atoms with Crippen molar-refractivity contribution < 1.29 is 14.6 Å². The fourth-order valence-corrected chi connectivity index (χ4v) is 2.12. The maximum Gasteiger partial charge on any atom is 0.311 e. The Kier molecular flexibility index (Phi) is 3.97. The maximum atomic E-state index is 11.0. The van der Waals surface area contributed by atoms with Gasteiger partial charge < -0.3 is 15.6 Å². The topological polar surface area (TPSA) is 72.5 Å². The molecule has 1 saturated carbocycles. The van der Waals surface area contributed by atoms with Crippen LogP contribution in [0.15, 0.2) is 0 Å². The molecule has 3 N–H and O–H groups in total. The van der Waals surface area contributed by atoms with E-state index in [0.29, 0.717) is 12.5 Å². The molecular formula is C12H23NO3. The molecule has 0 aromatic rings. The maximum absolute atomic E-state index is 11.0. The van der Waals surface area contributed by atoms with Crippen molar-refractivity contribution in [1.29, 1.82) is 0 Å². The van der Waals surface area contributed by atoms with Crippen LogP contribution in [0.5, 0.6) is 0 Å². The minimum absolute atomic E-state index is 0.228. The van der Waals surface area contributed by atoms with E-state index in [1.807, 2.05) is 0 Å². The molecule has 0 aromatic carbocycles. The van der Waals surface area contributed by atoms with Crippen molar-refractivity contribution in [2.75, 3.05) is 13.2 Å². The van der Waals surface area contributed by atoms with Crippen molar-refractivity contribution in [1.82, 2.24) is 0 Å². The van der Waals surface area contributed by atoms with Crippen LogP contribution in [-0.2, 0) is 9.53 Å². The minimum atomic E-state index is -0.839. The molecule has 2 atom stereocenters. The predicted octanol–water partition coefficient (Wildman–Crippen LogP) is 1.63. The predicted molar refractivity (Wildman–Crippen MR) is 62.2 cm³/mol. The van der Waals surface area contributed by atoms with E-state index in [1.165, 1.54) is 0 Å². The number of carbonyl (C=O) groups is 1. The number of nitrogens with two attached hydrogens (primary N) is 1. The minimum Gasteiger partial charge on any atom is -0.481 e. The lowest BCUT2D eigenvalue weighted by Crippen LogP contribution is -2.42. The van der Waals surface area contributed by atoms with Gasteiger partial charge in [-0.15, -0.1) is 0 Å². The first-order valence-corrected chi connectivity index (χ1v) is 5.89. The van der Waals surface area contributed by atoms with Crippen molar-refractivity contribution in [2.45, 2.75) is 45.6 Å². The summed E-state index contributed by atoms with van der Waals surface area (Å²) in [6.07, 6.45) is 3.00. The normalized spacial score (nSPS) is 30.6. The Morgan fingerprint density at radius 3 is 2.62 bits per heavy atom. The summed E-state index contributed by atoms with van der Waals surface area (Å²) in [6, 6.07) is 0. The summed E-state index contributed by atoms with van der Waals surface area (Å²) < 4.78 is 5.83. The fraction of sp³-hybridized carbons (Fsp3) is 0.917. The monoisotopic (exact) mass is 229 g/mol. The lowest BCUT2D eigenvalue weighted by molar-refractivity contribution is -0.155. The Bertz CT molecular complexity index is 265. The van der Waals surface area contributed by atoms with E-state index in [2.05, 4.69) is 6.92 Å². The van der Waals surface area contributed by atoms with Gasteiger partial charge in [-0.3, -0.25) is 4.79 Å². The van der Waals surface area contributed by atoms with Gasteiger partial charge in [-0.25, -0.2) is 0 Å². The quantitative estimate of drug-likeness (QED) is 0.751. The summed E-state index contributed by atoms with van der Waals surface area (Å²) >= 11 is 0. The summed E-state index contributed by atoms with van der Waals surface area (Å²) in [5.41, 5.74) is 4.64. The molecule has 1 aliphatic carbocycles. The third-order valence-electron chi connectivity index (χ3n) is 3.50. The van der Waals surface area contributed by atoms with E-state index in [1.54, 1.807) is 13.8 Å². The van der Waals surface area contributed by atoms with Gasteiger partial charge in [-0.05, 0) is 39.0 Å². The number of rotatable bonds is 5. The highest BCUT2D eigenvalue weighted by molar-refractivity contribution is 5.73. The zero-order chi connectivity index (χ0) is 12.4. The van der Waals surface area contributed by atoms with E-state index >= 15 is 0 Å². The molecule has 0 amide bonds. The van der Waals surface area contributed by atoms with Crippen LogP contribution in [0, 0.1) is 11.3 Å². The van der Waals surface area contributed by atoms with E-state index in [0.717, 1.165) is 19.3 Å². The molecule has 0 heterocycles. The van der Waals surface area contributed by atoms with Gasteiger partial charge in [0.25, 0.3) is 0 Å². The highest BCUT2D eigenvalue weighted by atomic mass is 16.5. The highest BCUT2D eigenvalue weighted by Crippen LogP contribution is 2.37. The third kappa shape index (κ3) is 2.95. The van der Waals surface area contributed by atoms with Crippen LogP contribution in [0.2, 0.25) is 0 Å². The Hall–Kier alpha value is -0.610. The summed E-state index contributed by atoms with van der Waals surface area (Å²) in [7, 11) is 0. The molecule has 1 fully saturated rings. The first-order chi connectivity index (χ1) is 7.31. The van der Waals surface area contributed by atoms with Gasteiger partial charge >= 0.3 is 5.97 Å². The van der Waals surface area contributed by atoms with Crippen LogP contribution < -0.4 is 5.73 Å². The van der Waals surface area contributed by atoms with Gasteiger partial charge in [0.15, 0.2) is 0 Å². The third-order valence-corrected chi connectivity index (χ3v) is 3.50. The Balaban J connectivity index is 2.56. The molecule has 4 heteroatoms. The molecule has 4 nitrogen and oxygen atoms in total. The number of ether oxygens (including phenoxy) is 1. The van der Waals surface area contributed by atoms with Crippen LogP contribution in [0.3, 0.4) is 0 Å². The van der Waals surface area contributed by atoms with Gasteiger partial charge in [0.1, 0.15) is 0 Å². The van der Waals surface area contributed by atoms with Crippen LogP contribution >= 0.6 is 0 Å². The second-order valence-corrected chi connectivity index (χ2v) is 5.71. The van der Waals surface area contributed by atoms with Gasteiger partial charge in [0.05, 0.1) is 17.6 Å². The van der Waals surface area contributed by atoms with E-state index in [-0.39, 0.29) is 12.2 Å². The largest absolute Gasteiger partial charge is 0.481 e. The molecule has 2 unspecified atom stereocenters. The second kappa shape index (κ2) is 4.72. The SMILES string of the molecule is CC1CCC(CN)(OCC(C)(C)C(=O)O)C1. The second-order valence-electron chi connectivity index (χ2n) is 5.71. The molecule has 0 bridgehead atoms. The van der Waals surface area contributed by atoms with Crippen LogP contribution in [0.1, 0.15) is 40.0 Å². The average Bonchev–Trinajstić information content (AvgIpc) is 2.58. The Labute approximate surface area is 97.2 Å². The first kappa shape index (κ1) is 13.5. The number of carboxylic acids is 1. The molecule has 0 radical (unpaired) electrons. The van der Waals surface area contributed by atoms with Crippen LogP contribution in [-0.4, -0.2) is 29.8 Å². The van der Waals surface area contributed by atoms with Crippen molar-refractivity contribution in [3.63, 3.8) is 0 Å². The summed E-state index contributed by atoms with van der Waals surface area (Å²) in [4.78, 5) is 11.0. The molecule has 16 heavy (non-hydrogen) atoms. The summed E-state index contributed by atoms with van der Waals surface area (Å²) in [5.74, 6) is -0.206. The molecule has 1 rings (SSSR count). The van der Waals surface area contributed by atoms with Gasteiger partial charge in [0, 0.05) is 6.54 Å². The molecular weight excluding hydrogens is 206 g/mol. The van der Waals surface area contributed by atoms with Gasteiger partial charge in [-0.2, -0.15) is 0 Å².